The van der Waals surface area contributed by atoms with Crippen LogP contribution in [0, 0.1) is 0 Å². The van der Waals surface area contributed by atoms with E-state index < -0.39 is 0 Å². The molecule has 0 amide bonds. The van der Waals surface area contributed by atoms with Crippen molar-refractivity contribution in [3.63, 3.8) is 0 Å². The van der Waals surface area contributed by atoms with E-state index in [1.54, 1.807) is 0 Å². The summed E-state index contributed by atoms with van der Waals surface area (Å²) in [5.74, 6) is 0. The molecule has 1 aliphatic heterocycles. The van der Waals surface area contributed by atoms with E-state index in [-0.39, 0.29) is 6.29 Å². The Hall–Kier alpha value is -0.120. The highest BCUT2D eigenvalue weighted by molar-refractivity contribution is 4.51. The summed E-state index contributed by atoms with van der Waals surface area (Å²) >= 11 is 0. The molecule has 1 fully saturated rings. The third kappa shape index (κ3) is 4.04. The number of hydrogen-bond acceptors (Lipinski definition) is 3. The molecule has 0 unspecified atom stereocenters. The van der Waals surface area contributed by atoms with Gasteiger partial charge in [-0.2, -0.15) is 0 Å². The average molecular weight is 174 g/mol. The zero-order valence-electron chi connectivity index (χ0n) is 7.91. The predicted molar refractivity (Wildman–Crippen MR) is 46.0 cm³/mol. The summed E-state index contributed by atoms with van der Waals surface area (Å²) in [6.45, 7) is 6.44. The summed E-state index contributed by atoms with van der Waals surface area (Å²) in [6.07, 6.45) is 2.13. The standard InChI is InChI=1S/C9H18O3/c1-8(2)10-7-4-9-11-5-3-6-12-9/h8-9H,3-7H2,1-2H3. The van der Waals surface area contributed by atoms with Crippen LogP contribution in [0.5, 0.6) is 0 Å². The molecular weight excluding hydrogens is 156 g/mol. The minimum Gasteiger partial charge on any atom is -0.379 e. The maximum absolute atomic E-state index is 5.38. The zero-order valence-corrected chi connectivity index (χ0v) is 7.91. The summed E-state index contributed by atoms with van der Waals surface area (Å²) in [4.78, 5) is 0. The van der Waals surface area contributed by atoms with Gasteiger partial charge in [0.15, 0.2) is 6.29 Å². The lowest BCUT2D eigenvalue weighted by Gasteiger charge is -2.23. The van der Waals surface area contributed by atoms with Crippen LogP contribution in [0.25, 0.3) is 0 Å². The van der Waals surface area contributed by atoms with Crippen LogP contribution in [0.3, 0.4) is 0 Å². The van der Waals surface area contributed by atoms with E-state index >= 15 is 0 Å². The fraction of sp³-hybridized carbons (Fsp3) is 1.00. The molecule has 0 aromatic carbocycles. The average Bonchev–Trinajstić information content (AvgIpc) is 2.05. The van der Waals surface area contributed by atoms with Crippen LogP contribution >= 0.6 is 0 Å². The van der Waals surface area contributed by atoms with Crippen LogP contribution in [0.4, 0.5) is 0 Å². The van der Waals surface area contributed by atoms with Gasteiger partial charge in [-0.1, -0.05) is 0 Å². The molecule has 1 heterocycles. The first kappa shape index (κ1) is 9.96. The SMILES string of the molecule is CC(C)OCCC1OCCCO1. The monoisotopic (exact) mass is 174 g/mol. The minimum atomic E-state index is -0.0301. The summed E-state index contributed by atoms with van der Waals surface area (Å²) in [5, 5.41) is 0. The lowest BCUT2D eigenvalue weighted by Crippen LogP contribution is -2.26. The highest BCUT2D eigenvalue weighted by Gasteiger charge is 2.13. The first-order chi connectivity index (χ1) is 5.79. The molecule has 0 bridgehead atoms. The van der Waals surface area contributed by atoms with Crippen molar-refractivity contribution in [1.82, 2.24) is 0 Å². The minimum absolute atomic E-state index is 0.0301. The quantitative estimate of drug-likeness (QED) is 0.647. The Labute approximate surface area is 74.0 Å². The van der Waals surface area contributed by atoms with Crippen molar-refractivity contribution in [2.45, 2.75) is 39.1 Å². The second-order valence-corrected chi connectivity index (χ2v) is 3.23. The summed E-state index contributed by atoms with van der Waals surface area (Å²) in [5.41, 5.74) is 0. The smallest absolute Gasteiger partial charge is 0.159 e. The Morgan fingerprint density at radius 2 is 2.00 bits per heavy atom. The number of ether oxygens (including phenoxy) is 3. The van der Waals surface area contributed by atoms with E-state index in [9.17, 15) is 0 Å². The van der Waals surface area contributed by atoms with Crippen molar-refractivity contribution < 1.29 is 14.2 Å². The van der Waals surface area contributed by atoms with Gasteiger partial charge in [0.1, 0.15) is 0 Å². The molecule has 3 heteroatoms. The van der Waals surface area contributed by atoms with Gasteiger partial charge in [0.25, 0.3) is 0 Å². The van der Waals surface area contributed by atoms with Crippen molar-refractivity contribution >= 4 is 0 Å². The van der Waals surface area contributed by atoms with Gasteiger partial charge in [-0.3, -0.25) is 0 Å². The topological polar surface area (TPSA) is 27.7 Å². The molecule has 1 saturated heterocycles. The predicted octanol–water partition coefficient (Wildman–Crippen LogP) is 1.56. The normalized spacial score (nSPS) is 20.2. The number of rotatable bonds is 4. The highest BCUT2D eigenvalue weighted by Crippen LogP contribution is 2.08. The lowest BCUT2D eigenvalue weighted by molar-refractivity contribution is -0.187. The zero-order chi connectivity index (χ0) is 8.81. The molecule has 1 aliphatic rings. The van der Waals surface area contributed by atoms with Crippen molar-refractivity contribution in [2.75, 3.05) is 19.8 Å². The van der Waals surface area contributed by atoms with E-state index in [2.05, 4.69) is 0 Å². The van der Waals surface area contributed by atoms with Gasteiger partial charge in [0.05, 0.1) is 25.9 Å². The van der Waals surface area contributed by atoms with Gasteiger partial charge in [-0.05, 0) is 20.3 Å². The molecule has 12 heavy (non-hydrogen) atoms. The summed E-state index contributed by atoms with van der Waals surface area (Å²) in [7, 11) is 0. The van der Waals surface area contributed by atoms with E-state index in [0.29, 0.717) is 6.10 Å². The molecule has 0 spiro atoms. The van der Waals surface area contributed by atoms with Crippen LogP contribution < -0.4 is 0 Å². The maximum Gasteiger partial charge on any atom is 0.159 e. The molecule has 0 aromatic rings. The lowest BCUT2D eigenvalue weighted by atomic mass is 10.4. The van der Waals surface area contributed by atoms with Gasteiger partial charge >= 0.3 is 0 Å². The fourth-order valence-corrected chi connectivity index (χ4v) is 1.10. The third-order valence-corrected chi connectivity index (χ3v) is 1.70. The second kappa shape index (κ2) is 5.51. The number of hydrogen-bond donors (Lipinski definition) is 0. The van der Waals surface area contributed by atoms with Crippen LogP contribution in [0.1, 0.15) is 26.7 Å². The Kier molecular flexibility index (Phi) is 4.58. The molecule has 1 rings (SSSR count). The van der Waals surface area contributed by atoms with Crippen molar-refractivity contribution in [3.05, 3.63) is 0 Å². The molecule has 0 atom stereocenters. The molecule has 0 aromatic heterocycles. The molecule has 0 aliphatic carbocycles. The Morgan fingerprint density at radius 1 is 1.33 bits per heavy atom. The van der Waals surface area contributed by atoms with Gasteiger partial charge in [0, 0.05) is 6.42 Å². The third-order valence-electron chi connectivity index (χ3n) is 1.70. The fourth-order valence-electron chi connectivity index (χ4n) is 1.10. The van der Waals surface area contributed by atoms with E-state index in [1.807, 2.05) is 13.8 Å². The molecule has 72 valence electrons. The van der Waals surface area contributed by atoms with Crippen LogP contribution in [-0.4, -0.2) is 32.2 Å². The summed E-state index contributed by atoms with van der Waals surface area (Å²) < 4.78 is 16.1. The summed E-state index contributed by atoms with van der Waals surface area (Å²) in [6, 6.07) is 0. The van der Waals surface area contributed by atoms with Gasteiger partial charge in [-0.15, -0.1) is 0 Å². The first-order valence-corrected chi connectivity index (χ1v) is 4.64. The highest BCUT2D eigenvalue weighted by atomic mass is 16.7. The van der Waals surface area contributed by atoms with Crippen LogP contribution in [0.2, 0.25) is 0 Å². The van der Waals surface area contributed by atoms with E-state index in [1.165, 1.54) is 0 Å². The Bertz CT molecular complexity index is 108. The second-order valence-electron chi connectivity index (χ2n) is 3.23. The first-order valence-electron chi connectivity index (χ1n) is 4.64. The Balaban J connectivity index is 1.98. The van der Waals surface area contributed by atoms with E-state index in [0.717, 1.165) is 32.7 Å². The van der Waals surface area contributed by atoms with Crippen molar-refractivity contribution in [1.29, 1.82) is 0 Å². The molecule has 0 radical (unpaired) electrons. The maximum atomic E-state index is 5.38. The van der Waals surface area contributed by atoms with Crippen molar-refractivity contribution in [3.8, 4) is 0 Å². The van der Waals surface area contributed by atoms with Gasteiger partial charge < -0.3 is 14.2 Å². The van der Waals surface area contributed by atoms with Crippen molar-refractivity contribution in [2.24, 2.45) is 0 Å². The van der Waals surface area contributed by atoms with Crippen LogP contribution in [-0.2, 0) is 14.2 Å². The molecular formula is C9H18O3. The molecule has 3 nitrogen and oxygen atoms in total. The largest absolute Gasteiger partial charge is 0.379 e. The Morgan fingerprint density at radius 3 is 2.58 bits per heavy atom. The van der Waals surface area contributed by atoms with Gasteiger partial charge in [0.2, 0.25) is 0 Å². The van der Waals surface area contributed by atoms with E-state index in [4.69, 9.17) is 14.2 Å². The molecule has 0 saturated carbocycles. The van der Waals surface area contributed by atoms with Crippen LogP contribution in [0.15, 0.2) is 0 Å². The van der Waals surface area contributed by atoms with Gasteiger partial charge in [-0.25, -0.2) is 0 Å². The molecule has 0 N–H and O–H groups in total.